The molecular formula is C27H35N7O2. The number of hydrogen-bond acceptors (Lipinski definition) is 7. The van der Waals surface area contributed by atoms with Crippen molar-refractivity contribution in [2.75, 3.05) is 31.9 Å². The van der Waals surface area contributed by atoms with Crippen molar-refractivity contribution in [3.8, 4) is 0 Å². The van der Waals surface area contributed by atoms with Crippen LogP contribution in [-0.2, 0) is 24.0 Å². The minimum Gasteiger partial charge on any atom is -0.384 e. The lowest BCUT2D eigenvalue weighted by molar-refractivity contribution is -0.140. The molecule has 3 aromatic rings. The summed E-state index contributed by atoms with van der Waals surface area (Å²) in [4.78, 5) is 30.8. The van der Waals surface area contributed by atoms with E-state index in [1.807, 2.05) is 53.0 Å². The Morgan fingerprint density at radius 2 is 1.81 bits per heavy atom. The van der Waals surface area contributed by atoms with Gasteiger partial charge in [-0.2, -0.15) is 0 Å². The number of nitrogen functional groups attached to an aromatic ring is 1. The zero-order chi connectivity index (χ0) is 25.1. The van der Waals surface area contributed by atoms with E-state index in [-0.39, 0.29) is 17.7 Å². The van der Waals surface area contributed by atoms with E-state index >= 15 is 0 Å². The minimum atomic E-state index is -1.30. The molecule has 2 fully saturated rings. The van der Waals surface area contributed by atoms with E-state index in [1.165, 1.54) is 0 Å². The van der Waals surface area contributed by atoms with Gasteiger partial charge in [-0.3, -0.25) is 14.7 Å². The number of hydrogen-bond donors (Lipinski definition) is 2. The van der Waals surface area contributed by atoms with Gasteiger partial charge >= 0.3 is 0 Å². The Hall–Kier alpha value is -3.30. The van der Waals surface area contributed by atoms with Gasteiger partial charge in [0, 0.05) is 63.3 Å². The predicted octanol–water partition coefficient (Wildman–Crippen LogP) is 2.18. The highest BCUT2D eigenvalue weighted by Gasteiger charge is 2.46. The van der Waals surface area contributed by atoms with E-state index in [4.69, 9.17) is 5.73 Å². The summed E-state index contributed by atoms with van der Waals surface area (Å²) in [5.41, 5.74) is 6.27. The van der Waals surface area contributed by atoms with Crippen molar-refractivity contribution >= 4 is 11.7 Å². The maximum atomic E-state index is 13.4. The number of likely N-dealkylation sites (tertiary alicyclic amines) is 2. The van der Waals surface area contributed by atoms with Crippen LogP contribution in [0.5, 0.6) is 0 Å². The first-order chi connectivity index (χ1) is 17.4. The minimum absolute atomic E-state index is 0.0597. The number of pyridine rings is 2. The van der Waals surface area contributed by atoms with Crippen molar-refractivity contribution < 1.29 is 9.90 Å². The number of imidazole rings is 1. The molecule has 5 heterocycles. The number of nitrogens with two attached hydrogens (primary N) is 1. The van der Waals surface area contributed by atoms with Gasteiger partial charge in [-0.05, 0) is 68.6 Å². The number of amides is 1. The number of carbonyl (C=O) groups excluding carboxylic acids is 1. The third kappa shape index (κ3) is 4.85. The van der Waals surface area contributed by atoms with Crippen molar-refractivity contribution in [2.24, 2.45) is 18.9 Å². The molecule has 2 aliphatic heterocycles. The summed E-state index contributed by atoms with van der Waals surface area (Å²) in [6.07, 6.45) is 10.1. The average molecular weight is 490 g/mol. The second kappa shape index (κ2) is 10.4. The molecule has 1 atom stereocenters. The summed E-state index contributed by atoms with van der Waals surface area (Å²) in [5.74, 6) is 1.37. The fraction of sp³-hybridized carbons (Fsp3) is 0.481. The quantitative estimate of drug-likeness (QED) is 0.546. The van der Waals surface area contributed by atoms with Crippen LogP contribution in [0.2, 0.25) is 0 Å². The Morgan fingerprint density at radius 3 is 2.44 bits per heavy atom. The van der Waals surface area contributed by atoms with Gasteiger partial charge in [-0.25, -0.2) is 9.97 Å². The first-order valence-electron chi connectivity index (χ1n) is 12.8. The number of anilines is 1. The van der Waals surface area contributed by atoms with Gasteiger partial charge in [-0.1, -0.05) is 6.07 Å². The number of aliphatic hydroxyl groups is 1. The van der Waals surface area contributed by atoms with E-state index in [0.717, 1.165) is 38.0 Å². The maximum Gasteiger partial charge on any atom is 0.225 e. The molecule has 0 spiro atoms. The molecule has 190 valence electrons. The number of nitrogens with zero attached hydrogens (tertiary/aromatic N) is 6. The van der Waals surface area contributed by atoms with Crippen molar-refractivity contribution in [1.82, 2.24) is 29.3 Å². The Kier molecular flexibility index (Phi) is 7.02. The number of carbonyl (C=O) groups is 1. The normalized spacial score (nSPS) is 19.8. The molecule has 0 radical (unpaired) electrons. The Balaban J connectivity index is 1.20. The second-order valence-electron chi connectivity index (χ2n) is 10.1. The van der Waals surface area contributed by atoms with Gasteiger partial charge in [0.25, 0.3) is 0 Å². The van der Waals surface area contributed by atoms with Gasteiger partial charge in [0.1, 0.15) is 11.6 Å². The van der Waals surface area contributed by atoms with Crippen LogP contribution >= 0.6 is 0 Å². The van der Waals surface area contributed by atoms with E-state index in [0.29, 0.717) is 43.3 Å². The molecule has 2 aliphatic rings. The lowest BCUT2D eigenvalue weighted by Crippen LogP contribution is -2.49. The van der Waals surface area contributed by atoms with Crippen LogP contribution in [0.3, 0.4) is 0 Å². The highest BCUT2D eigenvalue weighted by Crippen LogP contribution is 2.40. The van der Waals surface area contributed by atoms with Gasteiger partial charge in [0.2, 0.25) is 5.91 Å². The third-order valence-corrected chi connectivity index (χ3v) is 7.80. The summed E-state index contributed by atoms with van der Waals surface area (Å²) in [7, 11) is 1.89. The number of aromatic nitrogens is 4. The van der Waals surface area contributed by atoms with Crippen LogP contribution in [0.25, 0.3) is 0 Å². The molecule has 3 N–H and O–H groups in total. The molecule has 0 saturated carbocycles. The van der Waals surface area contributed by atoms with Gasteiger partial charge in [-0.15, -0.1) is 0 Å². The Morgan fingerprint density at radius 1 is 1.03 bits per heavy atom. The molecular weight excluding hydrogens is 454 g/mol. The highest BCUT2D eigenvalue weighted by atomic mass is 16.3. The van der Waals surface area contributed by atoms with Gasteiger partial charge in [0.05, 0.1) is 5.69 Å². The number of piperidine rings is 2. The molecule has 0 aliphatic carbocycles. The SMILES string of the molecule is Cn1ccnc1C(O)(c1ccccn1)C1CCN(C(=O)C2CCN(Cc3ccnc(N)c3)CC2)CC1. The molecule has 1 amide bonds. The van der Waals surface area contributed by atoms with Crippen molar-refractivity contribution in [3.05, 3.63) is 72.2 Å². The maximum absolute atomic E-state index is 13.4. The van der Waals surface area contributed by atoms with E-state index < -0.39 is 5.60 Å². The van der Waals surface area contributed by atoms with Crippen LogP contribution < -0.4 is 5.73 Å². The molecule has 0 bridgehead atoms. The Bertz CT molecular complexity index is 1170. The van der Waals surface area contributed by atoms with Crippen LogP contribution in [0.1, 0.15) is 42.8 Å². The third-order valence-electron chi connectivity index (χ3n) is 7.80. The van der Waals surface area contributed by atoms with E-state index in [9.17, 15) is 9.90 Å². The average Bonchev–Trinajstić information content (AvgIpc) is 3.35. The zero-order valence-corrected chi connectivity index (χ0v) is 20.8. The predicted molar refractivity (Wildman–Crippen MR) is 136 cm³/mol. The molecule has 1 unspecified atom stereocenters. The summed E-state index contributed by atoms with van der Waals surface area (Å²) in [6, 6.07) is 9.51. The molecule has 9 heteroatoms. The van der Waals surface area contributed by atoms with Gasteiger partial charge in [0.15, 0.2) is 5.60 Å². The summed E-state index contributed by atoms with van der Waals surface area (Å²) in [6.45, 7) is 3.90. The van der Waals surface area contributed by atoms with Crippen molar-refractivity contribution in [2.45, 2.75) is 37.8 Å². The first kappa shape index (κ1) is 24.4. The lowest BCUT2D eigenvalue weighted by Gasteiger charge is -2.42. The largest absolute Gasteiger partial charge is 0.384 e. The topological polar surface area (TPSA) is 113 Å². The molecule has 3 aromatic heterocycles. The second-order valence-corrected chi connectivity index (χ2v) is 10.1. The first-order valence-corrected chi connectivity index (χ1v) is 12.8. The summed E-state index contributed by atoms with van der Waals surface area (Å²) >= 11 is 0. The molecule has 2 saturated heterocycles. The molecule has 5 rings (SSSR count). The fourth-order valence-electron chi connectivity index (χ4n) is 5.79. The lowest BCUT2D eigenvalue weighted by atomic mass is 9.77. The van der Waals surface area contributed by atoms with Gasteiger partial charge < -0.3 is 20.3 Å². The van der Waals surface area contributed by atoms with Crippen LogP contribution in [0.15, 0.2) is 55.1 Å². The van der Waals surface area contributed by atoms with Crippen LogP contribution in [-0.4, -0.2) is 66.5 Å². The van der Waals surface area contributed by atoms with Crippen molar-refractivity contribution in [3.63, 3.8) is 0 Å². The Labute approximate surface area is 212 Å². The summed E-state index contributed by atoms with van der Waals surface area (Å²) < 4.78 is 1.86. The van der Waals surface area contributed by atoms with E-state index in [2.05, 4.69) is 19.9 Å². The number of rotatable bonds is 6. The standard InChI is InChI=1S/C27H35N7O2/c1-32-17-12-31-26(32)27(36,23-4-2-3-10-29-23)22-8-15-34(16-9-22)25(35)21-6-13-33(14-7-21)19-20-5-11-30-24(28)18-20/h2-5,10-12,17-18,21-22,36H,6-9,13-16,19H2,1H3,(H2,28,30). The monoisotopic (exact) mass is 489 g/mol. The van der Waals surface area contributed by atoms with Crippen LogP contribution in [0.4, 0.5) is 5.82 Å². The number of aryl methyl sites for hydroxylation is 1. The summed E-state index contributed by atoms with van der Waals surface area (Å²) in [5, 5.41) is 12.0. The highest BCUT2D eigenvalue weighted by molar-refractivity contribution is 5.79. The van der Waals surface area contributed by atoms with Crippen LogP contribution in [0, 0.1) is 11.8 Å². The smallest absolute Gasteiger partial charge is 0.225 e. The molecule has 36 heavy (non-hydrogen) atoms. The van der Waals surface area contributed by atoms with E-state index in [1.54, 1.807) is 18.6 Å². The molecule has 9 nitrogen and oxygen atoms in total. The zero-order valence-electron chi connectivity index (χ0n) is 20.8. The molecule has 0 aromatic carbocycles. The fourth-order valence-corrected chi connectivity index (χ4v) is 5.79. The van der Waals surface area contributed by atoms with Crippen molar-refractivity contribution in [1.29, 1.82) is 0 Å².